The molecule has 2 N–H and O–H groups in total. The molecule has 1 amide bonds. The van der Waals surface area contributed by atoms with Gasteiger partial charge >= 0.3 is 6.18 Å². The number of hydrogen-bond acceptors (Lipinski definition) is 3. The molecule has 1 unspecified atom stereocenters. The number of aromatic nitrogens is 2. The van der Waals surface area contributed by atoms with Gasteiger partial charge in [0.25, 0.3) is 5.91 Å². The molecule has 0 aliphatic heterocycles. The van der Waals surface area contributed by atoms with Crippen molar-refractivity contribution in [3.8, 4) is 5.69 Å². The first-order valence-corrected chi connectivity index (χ1v) is 7.41. The van der Waals surface area contributed by atoms with E-state index in [1.165, 1.54) is 12.1 Å². The minimum atomic E-state index is -4.71. The highest BCUT2D eigenvalue weighted by molar-refractivity contribution is 5.95. The van der Waals surface area contributed by atoms with Gasteiger partial charge in [-0.05, 0) is 33.0 Å². The molecular weight excluding hydrogens is 321 g/mol. The van der Waals surface area contributed by atoms with E-state index in [0.29, 0.717) is 0 Å². The monoisotopic (exact) mass is 340 g/mol. The molecule has 1 aromatic carbocycles. The number of nitrogens with zero attached hydrogens (tertiary/aromatic N) is 2. The summed E-state index contributed by atoms with van der Waals surface area (Å²) >= 11 is 0. The molecule has 0 saturated carbocycles. The average molecular weight is 340 g/mol. The summed E-state index contributed by atoms with van der Waals surface area (Å²) in [4.78, 5) is 12.1. The van der Waals surface area contributed by atoms with Crippen molar-refractivity contribution in [2.75, 3.05) is 13.6 Å². The summed E-state index contributed by atoms with van der Waals surface area (Å²) in [7, 11) is 1.70. The predicted octanol–water partition coefficient (Wildman–Crippen LogP) is 2.54. The Labute approximate surface area is 137 Å². The van der Waals surface area contributed by atoms with E-state index in [4.69, 9.17) is 0 Å². The molecule has 5 nitrogen and oxygen atoms in total. The minimum absolute atomic E-state index is 0.0598. The first-order valence-electron chi connectivity index (χ1n) is 7.41. The number of amides is 1. The second-order valence-electron chi connectivity index (χ2n) is 5.55. The van der Waals surface area contributed by atoms with Crippen molar-refractivity contribution in [3.63, 3.8) is 0 Å². The second kappa shape index (κ2) is 7.04. The smallest absolute Gasteiger partial charge is 0.350 e. The lowest BCUT2D eigenvalue weighted by molar-refractivity contribution is -0.143. The molecule has 0 radical (unpaired) electrons. The third-order valence-electron chi connectivity index (χ3n) is 3.62. The first kappa shape index (κ1) is 18.0. The molecule has 1 heterocycles. The lowest BCUT2D eigenvalue weighted by atomic mass is 10.2. The molecule has 2 aromatic rings. The summed E-state index contributed by atoms with van der Waals surface area (Å²) in [5.41, 5.74) is -0.415. The number of carbonyl (C=O) groups excluding carboxylic acids is 1. The number of alkyl halides is 3. The summed E-state index contributed by atoms with van der Waals surface area (Å²) in [6.45, 7) is 3.85. The Hall–Kier alpha value is -2.35. The third-order valence-corrected chi connectivity index (χ3v) is 3.62. The van der Waals surface area contributed by atoms with Crippen LogP contribution in [0, 0.1) is 6.92 Å². The fourth-order valence-electron chi connectivity index (χ4n) is 2.11. The number of rotatable bonds is 5. The maximum Gasteiger partial charge on any atom is 0.434 e. The molecule has 0 aliphatic rings. The number of likely N-dealkylation sites (N-methyl/N-ethyl adjacent to an activating group) is 1. The largest absolute Gasteiger partial charge is 0.434 e. The molecule has 24 heavy (non-hydrogen) atoms. The van der Waals surface area contributed by atoms with Crippen LogP contribution in [0.15, 0.2) is 30.5 Å². The van der Waals surface area contributed by atoms with Gasteiger partial charge in [0.1, 0.15) is 0 Å². The molecule has 0 saturated heterocycles. The Morgan fingerprint density at radius 1 is 1.29 bits per heavy atom. The number of benzene rings is 1. The van der Waals surface area contributed by atoms with E-state index in [0.717, 1.165) is 16.4 Å². The van der Waals surface area contributed by atoms with Crippen LogP contribution in [0.3, 0.4) is 0 Å². The summed E-state index contributed by atoms with van der Waals surface area (Å²) in [6.07, 6.45) is -3.76. The highest BCUT2D eigenvalue weighted by Crippen LogP contribution is 2.33. The van der Waals surface area contributed by atoms with Gasteiger partial charge in [-0.15, -0.1) is 0 Å². The Kier molecular flexibility index (Phi) is 5.28. The fraction of sp³-hybridized carbons (Fsp3) is 0.375. The summed E-state index contributed by atoms with van der Waals surface area (Å²) < 4.78 is 41.2. The Morgan fingerprint density at radius 3 is 2.46 bits per heavy atom. The topological polar surface area (TPSA) is 58.9 Å². The van der Waals surface area contributed by atoms with Crippen molar-refractivity contribution in [2.45, 2.75) is 26.1 Å². The van der Waals surface area contributed by atoms with Crippen LogP contribution in [0.2, 0.25) is 0 Å². The lowest BCUT2D eigenvalue weighted by Crippen LogP contribution is -2.37. The number of nitrogens with one attached hydrogen (secondary N) is 2. The van der Waals surface area contributed by atoms with Gasteiger partial charge in [-0.25, -0.2) is 4.68 Å². The number of halogens is 3. The van der Waals surface area contributed by atoms with Crippen molar-refractivity contribution in [1.82, 2.24) is 20.4 Å². The van der Waals surface area contributed by atoms with E-state index in [1.807, 2.05) is 6.92 Å². The van der Waals surface area contributed by atoms with Crippen LogP contribution in [0.1, 0.15) is 28.5 Å². The van der Waals surface area contributed by atoms with Gasteiger partial charge in [0.05, 0.1) is 17.4 Å². The first-order chi connectivity index (χ1) is 11.2. The summed E-state index contributed by atoms with van der Waals surface area (Å²) in [5, 5.41) is 9.15. The maximum absolute atomic E-state index is 13.5. The molecule has 0 spiro atoms. The third kappa shape index (κ3) is 3.94. The van der Waals surface area contributed by atoms with Crippen molar-refractivity contribution >= 4 is 5.91 Å². The van der Waals surface area contributed by atoms with Crippen molar-refractivity contribution in [1.29, 1.82) is 0 Å². The molecule has 0 bridgehead atoms. The van der Waals surface area contributed by atoms with Crippen molar-refractivity contribution in [2.24, 2.45) is 0 Å². The molecule has 1 atom stereocenters. The zero-order valence-corrected chi connectivity index (χ0v) is 13.6. The van der Waals surface area contributed by atoms with Crippen LogP contribution < -0.4 is 10.6 Å². The van der Waals surface area contributed by atoms with Crippen LogP contribution >= 0.6 is 0 Å². The zero-order chi connectivity index (χ0) is 17.9. The normalized spacial score (nSPS) is 12.9. The van der Waals surface area contributed by atoms with Gasteiger partial charge < -0.3 is 10.6 Å². The molecule has 2 rings (SSSR count). The number of aryl methyl sites for hydroxylation is 1. The van der Waals surface area contributed by atoms with Gasteiger partial charge in [0.15, 0.2) is 5.69 Å². The molecule has 8 heteroatoms. The van der Waals surface area contributed by atoms with Crippen LogP contribution in [-0.4, -0.2) is 35.3 Å². The Bertz CT molecular complexity index is 707. The Morgan fingerprint density at radius 2 is 1.92 bits per heavy atom. The quantitative estimate of drug-likeness (QED) is 0.879. The van der Waals surface area contributed by atoms with E-state index >= 15 is 0 Å². The molecule has 0 aliphatic carbocycles. The van der Waals surface area contributed by atoms with Crippen LogP contribution in [0.5, 0.6) is 0 Å². The van der Waals surface area contributed by atoms with Crippen molar-refractivity contribution in [3.05, 3.63) is 47.3 Å². The van der Waals surface area contributed by atoms with Crippen LogP contribution in [0.25, 0.3) is 5.69 Å². The lowest BCUT2D eigenvalue weighted by Gasteiger charge is -2.14. The highest BCUT2D eigenvalue weighted by atomic mass is 19.4. The van der Waals surface area contributed by atoms with Crippen LogP contribution in [-0.2, 0) is 6.18 Å². The van der Waals surface area contributed by atoms with Gasteiger partial charge in [-0.1, -0.05) is 17.7 Å². The van der Waals surface area contributed by atoms with E-state index < -0.39 is 23.3 Å². The molecule has 1 aromatic heterocycles. The van der Waals surface area contributed by atoms with Gasteiger partial charge in [-0.2, -0.15) is 18.3 Å². The molecule has 130 valence electrons. The second-order valence-corrected chi connectivity index (χ2v) is 5.55. The fourth-order valence-corrected chi connectivity index (χ4v) is 2.11. The molecule has 0 fully saturated rings. The van der Waals surface area contributed by atoms with E-state index in [2.05, 4.69) is 15.7 Å². The maximum atomic E-state index is 13.5. The van der Waals surface area contributed by atoms with E-state index in [9.17, 15) is 18.0 Å². The predicted molar refractivity (Wildman–Crippen MR) is 84.2 cm³/mol. The van der Waals surface area contributed by atoms with Gasteiger partial charge in [0, 0.05) is 12.6 Å². The number of carbonyl (C=O) groups is 1. The minimum Gasteiger partial charge on any atom is -0.350 e. The standard InChI is InChI=1S/C16H19F3N4O/c1-10-4-6-12(7-5-10)23-14(16(17,18)19)13(9-22-23)15(24)21-8-11(2)20-3/h4-7,9,11,20H,8H2,1-3H3,(H,21,24). The van der Waals surface area contributed by atoms with E-state index in [-0.39, 0.29) is 18.3 Å². The highest BCUT2D eigenvalue weighted by Gasteiger charge is 2.40. The Balaban J connectivity index is 2.39. The molecular formula is C16H19F3N4O. The van der Waals surface area contributed by atoms with E-state index in [1.54, 1.807) is 26.1 Å². The van der Waals surface area contributed by atoms with Gasteiger partial charge in [0.2, 0.25) is 0 Å². The summed E-state index contributed by atoms with van der Waals surface area (Å²) in [5.74, 6) is -0.803. The number of hydrogen-bond donors (Lipinski definition) is 2. The van der Waals surface area contributed by atoms with Crippen molar-refractivity contribution < 1.29 is 18.0 Å². The van der Waals surface area contributed by atoms with Crippen LogP contribution in [0.4, 0.5) is 13.2 Å². The summed E-state index contributed by atoms with van der Waals surface area (Å²) in [6, 6.07) is 6.37. The average Bonchev–Trinajstić information content (AvgIpc) is 2.98. The van der Waals surface area contributed by atoms with Gasteiger partial charge in [-0.3, -0.25) is 4.79 Å². The zero-order valence-electron chi connectivity index (χ0n) is 13.6. The SMILES string of the molecule is CNC(C)CNC(=O)c1cnn(-c2ccc(C)cc2)c1C(F)(F)F.